The minimum Gasteiger partial charge on any atom is -0.495 e. The van der Waals surface area contributed by atoms with Gasteiger partial charge in [0.15, 0.2) is 0 Å². The number of benzene rings is 1. The molecule has 0 atom stereocenters. The van der Waals surface area contributed by atoms with E-state index in [0.717, 1.165) is 0 Å². The summed E-state index contributed by atoms with van der Waals surface area (Å²) in [5.41, 5.74) is 5.15. The van der Waals surface area contributed by atoms with Crippen molar-refractivity contribution in [2.24, 2.45) is 5.73 Å². The smallest absolute Gasteiger partial charge is 0.239 e. The molecule has 2 amide bonds. The van der Waals surface area contributed by atoms with Gasteiger partial charge in [-0.15, -0.1) is 0 Å². The third-order valence-electron chi connectivity index (χ3n) is 2.66. The SMILES string of the molecule is COc1ccc(Cl)cc1NC(=O)CCNC(=O)C(C)(C)N. The average molecular weight is 314 g/mol. The number of nitrogens with one attached hydrogen (secondary N) is 2. The van der Waals surface area contributed by atoms with E-state index in [2.05, 4.69) is 10.6 Å². The third-order valence-corrected chi connectivity index (χ3v) is 2.89. The second-order valence-corrected chi connectivity index (χ2v) is 5.56. The van der Waals surface area contributed by atoms with Crippen molar-refractivity contribution in [1.82, 2.24) is 5.32 Å². The Morgan fingerprint density at radius 2 is 2.05 bits per heavy atom. The van der Waals surface area contributed by atoms with Crippen molar-refractivity contribution in [3.63, 3.8) is 0 Å². The highest BCUT2D eigenvalue weighted by molar-refractivity contribution is 6.31. The van der Waals surface area contributed by atoms with Crippen LogP contribution in [0.4, 0.5) is 5.69 Å². The van der Waals surface area contributed by atoms with Crippen LogP contribution in [0.15, 0.2) is 18.2 Å². The second kappa shape index (κ2) is 7.28. The van der Waals surface area contributed by atoms with Crippen LogP contribution in [0.5, 0.6) is 5.75 Å². The van der Waals surface area contributed by atoms with Gasteiger partial charge < -0.3 is 21.1 Å². The number of amides is 2. The molecule has 7 heteroatoms. The fourth-order valence-electron chi connectivity index (χ4n) is 1.51. The van der Waals surface area contributed by atoms with Crippen molar-refractivity contribution in [3.8, 4) is 5.75 Å². The lowest BCUT2D eigenvalue weighted by Gasteiger charge is -2.17. The van der Waals surface area contributed by atoms with Gasteiger partial charge in [-0.25, -0.2) is 0 Å². The Labute approximate surface area is 129 Å². The molecular formula is C14H20ClN3O3. The number of carbonyl (C=O) groups is 2. The van der Waals surface area contributed by atoms with Crippen LogP contribution in [0.1, 0.15) is 20.3 Å². The molecule has 0 unspecified atom stereocenters. The highest BCUT2D eigenvalue weighted by Crippen LogP contribution is 2.27. The molecular weight excluding hydrogens is 294 g/mol. The summed E-state index contributed by atoms with van der Waals surface area (Å²) in [7, 11) is 1.50. The molecule has 0 aromatic heterocycles. The van der Waals surface area contributed by atoms with E-state index in [1.165, 1.54) is 7.11 Å². The number of carbonyl (C=O) groups excluding carboxylic acids is 2. The summed E-state index contributed by atoms with van der Waals surface area (Å²) in [6.07, 6.45) is 0.123. The van der Waals surface area contributed by atoms with Crippen LogP contribution >= 0.6 is 11.6 Å². The molecule has 1 rings (SSSR count). The molecule has 0 fully saturated rings. The predicted octanol–water partition coefficient (Wildman–Crippen LogP) is 1.53. The Morgan fingerprint density at radius 1 is 1.38 bits per heavy atom. The summed E-state index contributed by atoms with van der Waals surface area (Å²) in [6.45, 7) is 3.40. The lowest BCUT2D eigenvalue weighted by molar-refractivity contribution is -0.125. The van der Waals surface area contributed by atoms with Crippen LogP contribution in [0.3, 0.4) is 0 Å². The highest BCUT2D eigenvalue weighted by Gasteiger charge is 2.21. The van der Waals surface area contributed by atoms with Gasteiger partial charge in [-0.3, -0.25) is 9.59 Å². The second-order valence-electron chi connectivity index (χ2n) is 5.12. The van der Waals surface area contributed by atoms with E-state index < -0.39 is 5.54 Å². The van der Waals surface area contributed by atoms with E-state index >= 15 is 0 Å². The van der Waals surface area contributed by atoms with Crippen LogP contribution < -0.4 is 21.1 Å². The van der Waals surface area contributed by atoms with Crippen LogP contribution in [-0.4, -0.2) is 31.0 Å². The van der Waals surface area contributed by atoms with Crippen LogP contribution in [0, 0.1) is 0 Å². The molecule has 0 aliphatic rings. The van der Waals surface area contributed by atoms with E-state index in [0.29, 0.717) is 16.5 Å². The van der Waals surface area contributed by atoms with Crippen molar-refractivity contribution in [1.29, 1.82) is 0 Å². The van der Waals surface area contributed by atoms with Crippen LogP contribution in [0.2, 0.25) is 5.02 Å². The fourth-order valence-corrected chi connectivity index (χ4v) is 1.68. The summed E-state index contributed by atoms with van der Waals surface area (Å²) in [6, 6.07) is 4.93. The molecule has 0 aliphatic carbocycles. The zero-order valence-electron chi connectivity index (χ0n) is 12.3. The molecule has 0 radical (unpaired) electrons. The Balaban J connectivity index is 2.51. The topological polar surface area (TPSA) is 93.5 Å². The Hall–Kier alpha value is -1.79. The Kier molecular flexibility index (Phi) is 5.99. The lowest BCUT2D eigenvalue weighted by atomic mass is 10.1. The number of methoxy groups -OCH3 is 1. The zero-order valence-corrected chi connectivity index (χ0v) is 13.1. The largest absolute Gasteiger partial charge is 0.495 e. The first-order valence-corrected chi connectivity index (χ1v) is 6.82. The first-order chi connectivity index (χ1) is 9.74. The molecule has 6 nitrogen and oxygen atoms in total. The number of halogens is 1. The maximum Gasteiger partial charge on any atom is 0.239 e. The van der Waals surface area contributed by atoms with Crippen molar-refractivity contribution in [2.75, 3.05) is 19.0 Å². The Morgan fingerprint density at radius 3 is 2.62 bits per heavy atom. The monoisotopic (exact) mass is 313 g/mol. The molecule has 0 bridgehead atoms. The summed E-state index contributed by atoms with van der Waals surface area (Å²) >= 11 is 5.88. The maximum atomic E-state index is 11.8. The molecule has 4 N–H and O–H groups in total. The van der Waals surface area contributed by atoms with Gasteiger partial charge in [0.25, 0.3) is 0 Å². The highest BCUT2D eigenvalue weighted by atomic mass is 35.5. The summed E-state index contributed by atoms with van der Waals surface area (Å²) in [5, 5.41) is 5.77. The van der Waals surface area contributed by atoms with Gasteiger partial charge in [-0.2, -0.15) is 0 Å². The van der Waals surface area contributed by atoms with Gasteiger partial charge in [0.1, 0.15) is 5.75 Å². The molecule has 1 aromatic rings. The molecule has 1 aromatic carbocycles. The summed E-state index contributed by atoms with van der Waals surface area (Å²) in [5.74, 6) is -0.0544. The van der Waals surface area contributed by atoms with E-state index in [9.17, 15) is 9.59 Å². The quantitative estimate of drug-likeness (QED) is 0.742. The van der Waals surface area contributed by atoms with E-state index in [4.69, 9.17) is 22.1 Å². The molecule has 0 saturated heterocycles. The van der Waals surface area contributed by atoms with Crippen molar-refractivity contribution >= 4 is 29.1 Å². The molecule has 0 heterocycles. The summed E-state index contributed by atoms with van der Waals surface area (Å²) < 4.78 is 5.13. The van der Waals surface area contributed by atoms with Gasteiger partial charge >= 0.3 is 0 Å². The van der Waals surface area contributed by atoms with Gasteiger partial charge in [0.05, 0.1) is 18.3 Å². The van der Waals surface area contributed by atoms with E-state index in [1.54, 1.807) is 32.0 Å². The lowest BCUT2D eigenvalue weighted by Crippen LogP contribution is -2.49. The first-order valence-electron chi connectivity index (χ1n) is 6.44. The van der Waals surface area contributed by atoms with Gasteiger partial charge in [-0.05, 0) is 32.0 Å². The average Bonchev–Trinajstić information content (AvgIpc) is 2.37. The van der Waals surface area contributed by atoms with Crippen LogP contribution in [-0.2, 0) is 9.59 Å². The molecule has 0 aliphatic heterocycles. The van der Waals surface area contributed by atoms with Crippen molar-refractivity contribution in [2.45, 2.75) is 25.8 Å². The number of nitrogens with two attached hydrogens (primary N) is 1. The predicted molar refractivity (Wildman–Crippen MR) is 82.5 cm³/mol. The number of hydrogen-bond donors (Lipinski definition) is 3. The van der Waals surface area contributed by atoms with Gasteiger partial charge in [0.2, 0.25) is 11.8 Å². The molecule has 0 spiro atoms. The number of rotatable bonds is 6. The number of hydrogen-bond acceptors (Lipinski definition) is 4. The van der Waals surface area contributed by atoms with Gasteiger partial charge in [-0.1, -0.05) is 11.6 Å². The fraction of sp³-hybridized carbons (Fsp3) is 0.429. The standard InChI is InChI=1S/C14H20ClN3O3/c1-14(2,16)13(20)17-7-6-12(19)18-10-8-9(15)4-5-11(10)21-3/h4-5,8H,6-7,16H2,1-3H3,(H,17,20)(H,18,19). The minimum atomic E-state index is -0.966. The molecule has 116 valence electrons. The number of anilines is 1. The van der Waals surface area contributed by atoms with E-state index in [-0.39, 0.29) is 24.8 Å². The zero-order chi connectivity index (χ0) is 16.0. The van der Waals surface area contributed by atoms with Crippen LogP contribution in [0.25, 0.3) is 0 Å². The molecule has 0 saturated carbocycles. The minimum absolute atomic E-state index is 0.123. The number of ether oxygens (including phenoxy) is 1. The van der Waals surface area contributed by atoms with Crippen molar-refractivity contribution < 1.29 is 14.3 Å². The van der Waals surface area contributed by atoms with Crippen molar-refractivity contribution in [3.05, 3.63) is 23.2 Å². The normalized spacial score (nSPS) is 10.9. The Bertz CT molecular complexity index is 527. The third kappa shape index (κ3) is 5.61. The van der Waals surface area contributed by atoms with Gasteiger partial charge in [0, 0.05) is 18.0 Å². The van der Waals surface area contributed by atoms with E-state index in [1.807, 2.05) is 0 Å². The summed E-state index contributed by atoms with van der Waals surface area (Å²) in [4.78, 5) is 23.4. The first kappa shape index (κ1) is 17.3. The molecule has 21 heavy (non-hydrogen) atoms. The maximum absolute atomic E-state index is 11.8.